The number of carbonyl (C=O) groups excluding carboxylic acids is 3. The molecule has 0 heterocycles. The average Bonchev–Trinajstić information content (AvgIpc) is 3.43. The number of hydrogen-bond acceptors (Lipinski definition) is 6. The lowest BCUT2D eigenvalue weighted by molar-refractivity contribution is -0.167. The maximum absolute atomic E-state index is 12.9. The third-order valence-corrected chi connectivity index (χ3v) is 14.0. The molecule has 0 amide bonds. The Hall–Kier alpha value is -3.67. The molecule has 6 heteroatoms. The summed E-state index contributed by atoms with van der Waals surface area (Å²) in [6.07, 6.45) is 87.1. The molecule has 0 rings (SSSR count). The first kappa shape index (κ1) is 73.3. The number of hydrogen-bond donors (Lipinski definition) is 0. The van der Waals surface area contributed by atoms with Crippen LogP contribution in [-0.4, -0.2) is 37.2 Å². The lowest BCUT2D eigenvalue weighted by Crippen LogP contribution is -2.30. The van der Waals surface area contributed by atoms with Gasteiger partial charge in [0.2, 0.25) is 0 Å². The summed E-state index contributed by atoms with van der Waals surface area (Å²) >= 11 is 0. The topological polar surface area (TPSA) is 78.9 Å². The minimum Gasteiger partial charge on any atom is -0.462 e. The first-order valence-corrected chi connectivity index (χ1v) is 32.7. The first-order valence-electron chi connectivity index (χ1n) is 32.7. The van der Waals surface area contributed by atoms with Gasteiger partial charge in [-0.2, -0.15) is 0 Å². The number of unbranched alkanes of at least 4 members (excludes halogenated alkanes) is 32. The van der Waals surface area contributed by atoms with Crippen molar-refractivity contribution in [1.29, 1.82) is 0 Å². The summed E-state index contributed by atoms with van der Waals surface area (Å²) in [4.78, 5) is 38.3. The van der Waals surface area contributed by atoms with Gasteiger partial charge in [0.05, 0.1) is 0 Å². The van der Waals surface area contributed by atoms with Crippen molar-refractivity contribution < 1.29 is 28.6 Å². The zero-order valence-corrected chi connectivity index (χ0v) is 50.7. The van der Waals surface area contributed by atoms with E-state index in [9.17, 15) is 14.4 Å². The summed E-state index contributed by atoms with van der Waals surface area (Å²) < 4.78 is 16.9. The van der Waals surface area contributed by atoms with Gasteiger partial charge in [0, 0.05) is 19.3 Å². The number of carbonyl (C=O) groups is 3. The minimum absolute atomic E-state index is 0.0837. The summed E-state index contributed by atoms with van der Waals surface area (Å²) in [5, 5.41) is 0. The maximum Gasteiger partial charge on any atom is 0.306 e. The number of ether oxygens (including phenoxy) is 3. The van der Waals surface area contributed by atoms with Crippen LogP contribution in [0.3, 0.4) is 0 Å². The van der Waals surface area contributed by atoms with Crippen molar-refractivity contribution in [1.82, 2.24) is 0 Å². The van der Waals surface area contributed by atoms with E-state index in [4.69, 9.17) is 14.2 Å². The zero-order chi connectivity index (χ0) is 55.7. The average molecular weight is 1070 g/mol. The highest BCUT2D eigenvalue weighted by Crippen LogP contribution is 2.16. The molecule has 1 atom stereocenters. The molecule has 77 heavy (non-hydrogen) atoms. The van der Waals surface area contributed by atoms with Gasteiger partial charge in [-0.3, -0.25) is 14.4 Å². The number of esters is 3. The highest BCUT2D eigenvalue weighted by molar-refractivity contribution is 5.71. The molecule has 0 saturated heterocycles. The second-order valence-corrected chi connectivity index (χ2v) is 21.6. The zero-order valence-electron chi connectivity index (χ0n) is 50.7. The van der Waals surface area contributed by atoms with Crippen LogP contribution in [0.5, 0.6) is 0 Å². The fourth-order valence-corrected chi connectivity index (χ4v) is 9.14. The molecular formula is C71H122O6. The largest absolute Gasteiger partial charge is 0.462 e. The Morgan fingerprint density at radius 3 is 0.831 bits per heavy atom. The predicted octanol–water partition coefficient (Wildman–Crippen LogP) is 22.4. The lowest BCUT2D eigenvalue weighted by Gasteiger charge is -2.18. The molecular weight excluding hydrogens is 949 g/mol. The van der Waals surface area contributed by atoms with E-state index in [2.05, 4.69) is 118 Å². The first-order chi connectivity index (χ1) is 38.0. The van der Waals surface area contributed by atoms with Crippen molar-refractivity contribution in [3.05, 3.63) is 97.2 Å². The Balaban J connectivity index is 4.21. The Kier molecular flexibility index (Phi) is 61.8. The molecule has 0 saturated carbocycles. The van der Waals surface area contributed by atoms with Crippen molar-refractivity contribution in [2.24, 2.45) is 0 Å². The van der Waals surface area contributed by atoms with Gasteiger partial charge in [0.15, 0.2) is 6.10 Å². The van der Waals surface area contributed by atoms with E-state index in [1.807, 2.05) is 0 Å². The van der Waals surface area contributed by atoms with Crippen LogP contribution in [-0.2, 0) is 28.6 Å². The SMILES string of the molecule is CC/C=C\C/C=C\C/C=C\C/C=C\C/C=C\CCCCCCCCCCCCCCCCCC(=O)OCC(COC(=O)CCCCCCC/C=C\CCCCCC)OC(=O)CCCCCCC/C=C\C/C=C\CCCCC. The van der Waals surface area contributed by atoms with Crippen LogP contribution in [0.15, 0.2) is 97.2 Å². The van der Waals surface area contributed by atoms with Crippen LogP contribution < -0.4 is 0 Å². The molecule has 6 nitrogen and oxygen atoms in total. The third-order valence-electron chi connectivity index (χ3n) is 14.0. The highest BCUT2D eigenvalue weighted by atomic mass is 16.6. The Labute approximate surface area is 477 Å². The summed E-state index contributed by atoms with van der Waals surface area (Å²) in [5.74, 6) is -0.897. The molecule has 0 spiro atoms. The molecule has 0 aromatic rings. The van der Waals surface area contributed by atoms with Crippen molar-refractivity contribution in [3.8, 4) is 0 Å². The summed E-state index contributed by atoms with van der Waals surface area (Å²) in [7, 11) is 0. The predicted molar refractivity (Wildman–Crippen MR) is 334 cm³/mol. The van der Waals surface area contributed by atoms with Crippen LogP contribution in [0.25, 0.3) is 0 Å². The van der Waals surface area contributed by atoms with Crippen LogP contribution in [0.2, 0.25) is 0 Å². The summed E-state index contributed by atoms with van der Waals surface area (Å²) in [6, 6.07) is 0. The van der Waals surface area contributed by atoms with Crippen molar-refractivity contribution in [2.45, 2.75) is 322 Å². The normalized spacial score (nSPS) is 12.7. The van der Waals surface area contributed by atoms with E-state index >= 15 is 0 Å². The molecule has 0 N–H and O–H groups in total. The summed E-state index contributed by atoms with van der Waals surface area (Å²) in [6.45, 7) is 6.49. The van der Waals surface area contributed by atoms with E-state index in [0.29, 0.717) is 19.3 Å². The van der Waals surface area contributed by atoms with Crippen LogP contribution in [0.4, 0.5) is 0 Å². The molecule has 0 aromatic heterocycles. The second-order valence-electron chi connectivity index (χ2n) is 21.6. The van der Waals surface area contributed by atoms with Gasteiger partial charge in [-0.15, -0.1) is 0 Å². The Morgan fingerprint density at radius 2 is 0.506 bits per heavy atom. The van der Waals surface area contributed by atoms with Gasteiger partial charge in [-0.25, -0.2) is 0 Å². The Bertz CT molecular complexity index is 1510. The number of allylic oxidation sites excluding steroid dienone is 16. The smallest absolute Gasteiger partial charge is 0.306 e. The molecule has 442 valence electrons. The lowest BCUT2D eigenvalue weighted by atomic mass is 10.0. The summed E-state index contributed by atoms with van der Waals surface area (Å²) in [5.41, 5.74) is 0. The number of rotatable bonds is 59. The van der Waals surface area contributed by atoms with Crippen molar-refractivity contribution in [2.75, 3.05) is 13.2 Å². The van der Waals surface area contributed by atoms with Gasteiger partial charge in [-0.1, -0.05) is 272 Å². The highest BCUT2D eigenvalue weighted by Gasteiger charge is 2.19. The van der Waals surface area contributed by atoms with Gasteiger partial charge in [0.25, 0.3) is 0 Å². The van der Waals surface area contributed by atoms with Gasteiger partial charge in [-0.05, 0) is 122 Å². The fraction of sp³-hybridized carbons (Fsp3) is 0.732. The van der Waals surface area contributed by atoms with E-state index in [-0.39, 0.29) is 31.1 Å². The van der Waals surface area contributed by atoms with Gasteiger partial charge >= 0.3 is 17.9 Å². The van der Waals surface area contributed by atoms with E-state index < -0.39 is 6.10 Å². The van der Waals surface area contributed by atoms with Crippen LogP contribution >= 0.6 is 0 Å². The van der Waals surface area contributed by atoms with Gasteiger partial charge in [0.1, 0.15) is 13.2 Å². The van der Waals surface area contributed by atoms with Gasteiger partial charge < -0.3 is 14.2 Å². The molecule has 0 radical (unpaired) electrons. The quantitative estimate of drug-likeness (QED) is 0.0261. The molecule has 0 aromatic carbocycles. The third kappa shape index (κ3) is 63.0. The molecule has 1 unspecified atom stereocenters. The van der Waals surface area contributed by atoms with Crippen LogP contribution in [0.1, 0.15) is 316 Å². The fourth-order valence-electron chi connectivity index (χ4n) is 9.14. The van der Waals surface area contributed by atoms with E-state index in [1.54, 1.807) is 0 Å². The molecule has 0 aliphatic carbocycles. The van der Waals surface area contributed by atoms with E-state index in [1.165, 1.54) is 154 Å². The second kappa shape index (κ2) is 64.9. The molecule has 0 aliphatic heterocycles. The van der Waals surface area contributed by atoms with Crippen molar-refractivity contribution >= 4 is 17.9 Å². The monoisotopic (exact) mass is 1070 g/mol. The molecule has 0 bridgehead atoms. The Morgan fingerprint density at radius 1 is 0.273 bits per heavy atom. The molecule has 0 fully saturated rings. The van der Waals surface area contributed by atoms with Crippen LogP contribution in [0, 0.1) is 0 Å². The maximum atomic E-state index is 12.9. The van der Waals surface area contributed by atoms with E-state index in [0.717, 1.165) is 122 Å². The van der Waals surface area contributed by atoms with Crippen molar-refractivity contribution in [3.63, 3.8) is 0 Å². The standard InChI is InChI=1S/C71H122O6/c1-4-7-10-13-16-19-22-25-27-28-29-30-31-32-33-34-35-36-37-38-39-40-41-42-44-46-49-52-55-58-61-64-70(73)76-67-68(66-75-69(72)63-60-57-54-51-48-45-24-21-18-15-12-9-6-3)77-71(74)65-62-59-56-53-50-47-43-26-23-20-17-14-11-8-5-2/h7,10,16-17,19-21,24-27,29-30,32-33,43,68H,4-6,8-9,11-15,18,22-23,28,31,34-42,44-67H2,1-3H3/b10-7-,19-16-,20-17-,24-21-,27-25-,30-29-,33-32-,43-26-. The molecule has 0 aliphatic rings. The minimum atomic E-state index is -0.788.